The van der Waals surface area contributed by atoms with Gasteiger partial charge in [-0.3, -0.25) is 4.68 Å². The molecule has 4 heteroatoms. The van der Waals surface area contributed by atoms with Gasteiger partial charge in [-0.15, -0.1) is 5.10 Å². The zero-order valence-corrected chi connectivity index (χ0v) is 12.6. The summed E-state index contributed by atoms with van der Waals surface area (Å²) >= 11 is 0. The largest absolute Gasteiger partial charge is 0.381 e. The summed E-state index contributed by atoms with van der Waals surface area (Å²) in [4.78, 5) is 0. The van der Waals surface area contributed by atoms with Gasteiger partial charge in [-0.25, -0.2) is 0 Å². The van der Waals surface area contributed by atoms with Crippen LogP contribution < -0.4 is 0 Å². The summed E-state index contributed by atoms with van der Waals surface area (Å²) in [6.07, 6.45) is 11.5. The average molecular weight is 267 g/mol. The van der Waals surface area contributed by atoms with Gasteiger partial charge in [0.1, 0.15) is 0 Å². The van der Waals surface area contributed by atoms with Crippen LogP contribution in [0, 0.1) is 0 Å². The Morgan fingerprint density at radius 1 is 1.00 bits per heavy atom. The molecule has 0 bridgehead atoms. The number of nitrogens with zero attached hydrogens (tertiary/aromatic N) is 3. The van der Waals surface area contributed by atoms with Crippen molar-refractivity contribution in [1.82, 2.24) is 15.0 Å². The molecule has 0 spiro atoms. The van der Waals surface area contributed by atoms with Gasteiger partial charge in [0.2, 0.25) is 0 Å². The summed E-state index contributed by atoms with van der Waals surface area (Å²) in [5.74, 6) is 0. The van der Waals surface area contributed by atoms with Crippen molar-refractivity contribution in [1.29, 1.82) is 0 Å². The molecule has 1 heterocycles. The summed E-state index contributed by atoms with van der Waals surface area (Å²) in [6, 6.07) is 0. The lowest BCUT2D eigenvalue weighted by molar-refractivity contribution is 0.126. The van der Waals surface area contributed by atoms with Gasteiger partial charge in [0.15, 0.2) is 0 Å². The maximum absolute atomic E-state index is 5.54. The monoisotopic (exact) mass is 267 g/mol. The number of ether oxygens (including phenoxy) is 1. The fraction of sp³-hybridized carbons (Fsp3) is 0.867. The lowest BCUT2D eigenvalue weighted by atomic mass is 10.2. The summed E-state index contributed by atoms with van der Waals surface area (Å²) in [6.45, 7) is 7.14. The Balaban J connectivity index is 2.03. The minimum absolute atomic E-state index is 0.873. The zero-order chi connectivity index (χ0) is 13.8. The van der Waals surface area contributed by atoms with E-state index in [9.17, 15) is 0 Å². The van der Waals surface area contributed by atoms with E-state index < -0.39 is 0 Å². The molecule has 0 unspecified atom stereocenters. The van der Waals surface area contributed by atoms with Crippen molar-refractivity contribution in [2.75, 3.05) is 13.2 Å². The maximum Gasteiger partial charge on any atom is 0.0827 e. The minimum Gasteiger partial charge on any atom is -0.381 e. The van der Waals surface area contributed by atoms with Crippen molar-refractivity contribution in [3.8, 4) is 0 Å². The highest BCUT2D eigenvalue weighted by Crippen LogP contribution is 2.04. The van der Waals surface area contributed by atoms with Crippen molar-refractivity contribution >= 4 is 0 Å². The van der Waals surface area contributed by atoms with Gasteiger partial charge < -0.3 is 4.74 Å². The van der Waals surface area contributed by atoms with E-state index in [1.165, 1.54) is 32.1 Å². The lowest BCUT2D eigenvalue weighted by Gasteiger charge is -2.03. The van der Waals surface area contributed by atoms with Crippen LogP contribution in [0.2, 0.25) is 0 Å². The number of aryl methyl sites for hydroxylation is 2. The fourth-order valence-corrected chi connectivity index (χ4v) is 1.94. The van der Waals surface area contributed by atoms with Crippen LogP contribution >= 0.6 is 0 Å². The van der Waals surface area contributed by atoms with Crippen molar-refractivity contribution in [2.45, 2.75) is 71.8 Å². The minimum atomic E-state index is 0.873. The molecule has 1 aromatic rings. The molecule has 0 N–H and O–H groups in total. The molecule has 0 fully saturated rings. The highest BCUT2D eigenvalue weighted by atomic mass is 16.5. The molecule has 0 atom stereocenters. The van der Waals surface area contributed by atoms with Gasteiger partial charge in [0.05, 0.1) is 5.69 Å². The van der Waals surface area contributed by atoms with Gasteiger partial charge in [0.25, 0.3) is 0 Å². The van der Waals surface area contributed by atoms with E-state index in [-0.39, 0.29) is 0 Å². The second-order valence-electron chi connectivity index (χ2n) is 5.10. The molecule has 0 saturated carbocycles. The molecule has 1 aromatic heterocycles. The Morgan fingerprint density at radius 3 is 2.58 bits per heavy atom. The lowest BCUT2D eigenvalue weighted by Crippen LogP contribution is -2.02. The quantitative estimate of drug-likeness (QED) is 0.543. The van der Waals surface area contributed by atoms with Crippen molar-refractivity contribution in [3.05, 3.63) is 11.9 Å². The van der Waals surface area contributed by atoms with Gasteiger partial charge in [-0.2, -0.15) is 0 Å². The van der Waals surface area contributed by atoms with Crippen LogP contribution in [0.25, 0.3) is 0 Å². The van der Waals surface area contributed by atoms with Crippen LogP contribution in [0.5, 0.6) is 0 Å². The molecule has 1 rings (SSSR count). The highest BCUT2D eigenvalue weighted by molar-refractivity contribution is 4.92. The molecular weight excluding hydrogens is 238 g/mol. The first kappa shape index (κ1) is 16.2. The summed E-state index contributed by atoms with van der Waals surface area (Å²) < 4.78 is 7.50. The van der Waals surface area contributed by atoms with Gasteiger partial charge >= 0.3 is 0 Å². The first-order chi connectivity index (χ1) is 9.36. The second-order valence-corrected chi connectivity index (χ2v) is 5.10. The SMILES string of the molecule is CCCCCc1cn(CCCCOCCCC)nn1. The number of hydrogen-bond acceptors (Lipinski definition) is 3. The molecule has 0 aliphatic heterocycles. The Kier molecular flexibility index (Phi) is 9.33. The zero-order valence-electron chi connectivity index (χ0n) is 12.6. The smallest absolute Gasteiger partial charge is 0.0827 e. The van der Waals surface area contributed by atoms with E-state index in [1.54, 1.807) is 0 Å². The molecule has 0 amide bonds. The molecule has 4 nitrogen and oxygen atoms in total. The third kappa shape index (κ3) is 7.98. The van der Waals surface area contributed by atoms with E-state index in [2.05, 4.69) is 30.4 Å². The highest BCUT2D eigenvalue weighted by Gasteiger charge is 2.00. The van der Waals surface area contributed by atoms with Crippen molar-refractivity contribution in [3.63, 3.8) is 0 Å². The molecule has 0 aromatic carbocycles. The number of rotatable bonds is 12. The van der Waals surface area contributed by atoms with Crippen molar-refractivity contribution in [2.24, 2.45) is 0 Å². The predicted octanol–water partition coefficient (Wildman–Crippen LogP) is 3.61. The average Bonchev–Trinajstić information content (AvgIpc) is 2.86. The first-order valence-electron chi connectivity index (χ1n) is 7.83. The fourth-order valence-electron chi connectivity index (χ4n) is 1.94. The van der Waals surface area contributed by atoms with Crippen LogP contribution in [0.3, 0.4) is 0 Å². The van der Waals surface area contributed by atoms with E-state index >= 15 is 0 Å². The van der Waals surface area contributed by atoms with Crippen LogP contribution in [0.1, 0.15) is 64.5 Å². The standard InChI is InChI=1S/C15H29N3O/c1-3-5-7-10-15-14-18(17-16-15)11-8-9-13-19-12-6-4-2/h14H,3-13H2,1-2H3. The van der Waals surface area contributed by atoms with Crippen LogP contribution in [0.4, 0.5) is 0 Å². The molecule has 0 radical (unpaired) electrons. The van der Waals surface area contributed by atoms with E-state index in [4.69, 9.17) is 4.74 Å². The van der Waals surface area contributed by atoms with E-state index in [0.29, 0.717) is 0 Å². The molecule has 110 valence electrons. The molecular formula is C15H29N3O. The summed E-state index contributed by atoms with van der Waals surface area (Å²) in [5, 5.41) is 8.38. The number of hydrogen-bond donors (Lipinski definition) is 0. The third-order valence-corrected chi connectivity index (χ3v) is 3.19. The van der Waals surface area contributed by atoms with Crippen molar-refractivity contribution < 1.29 is 4.74 Å². The van der Waals surface area contributed by atoms with Crippen LogP contribution in [0.15, 0.2) is 6.20 Å². The normalized spacial score (nSPS) is 11.1. The summed E-state index contributed by atoms with van der Waals surface area (Å²) in [5.41, 5.74) is 1.13. The predicted molar refractivity (Wildman–Crippen MR) is 78.2 cm³/mol. The molecule has 0 saturated heterocycles. The summed E-state index contributed by atoms with van der Waals surface area (Å²) in [7, 11) is 0. The first-order valence-corrected chi connectivity index (χ1v) is 7.83. The Hall–Kier alpha value is -0.900. The number of unbranched alkanes of at least 4 members (excludes halogenated alkanes) is 4. The van der Waals surface area contributed by atoms with Gasteiger partial charge in [-0.1, -0.05) is 38.3 Å². The van der Waals surface area contributed by atoms with Crippen LogP contribution in [-0.4, -0.2) is 28.2 Å². The maximum atomic E-state index is 5.54. The van der Waals surface area contributed by atoms with E-state index in [0.717, 1.165) is 44.7 Å². The number of aromatic nitrogens is 3. The second kappa shape index (κ2) is 11.0. The Labute approximate surface area is 117 Å². The van der Waals surface area contributed by atoms with E-state index in [1.807, 2.05) is 4.68 Å². The van der Waals surface area contributed by atoms with Gasteiger partial charge in [-0.05, 0) is 32.1 Å². The Morgan fingerprint density at radius 2 is 1.79 bits per heavy atom. The van der Waals surface area contributed by atoms with Crippen LogP contribution in [-0.2, 0) is 17.7 Å². The van der Waals surface area contributed by atoms with Gasteiger partial charge in [0, 0.05) is 26.0 Å². The molecule has 0 aliphatic carbocycles. The molecule has 19 heavy (non-hydrogen) atoms. The molecule has 0 aliphatic rings. The Bertz CT molecular complexity index is 312. The third-order valence-electron chi connectivity index (χ3n) is 3.19. The topological polar surface area (TPSA) is 39.9 Å².